The molecular formula is C59H45F3NO5S3+. The fraction of sp³-hybridized carbons (Fsp3) is 0.0847. The first kappa shape index (κ1) is 48.8. The van der Waals surface area contributed by atoms with Crippen molar-refractivity contribution in [1.82, 2.24) is 5.06 Å². The molecule has 6 nitrogen and oxygen atoms in total. The molecule has 9 aromatic rings. The molecule has 0 bridgehead atoms. The number of hydrogen-bond acceptors (Lipinski definition) is 6. The predicted octanol–water partition coefficient (Wildman–Crippen LogP) is 15.5. The third-order valence-corrected chi connectivity index (χ3v) is 16.0. The van der Waals surface area contributed by atoms with Crippen LogP contribution in [0, 0.1) is 0 Å². The van der Waals surface area contributed by atoms with Gasteiger partial charge in [-0.1, -0.05) is 159 Å². The second-order valence-electron chi connectivity index (χ2n) is 16.5. The van der Waals surface area contributed by atoms with Gasteiger partial charge in [0, 0.05) is 15.2 Å². The van der Waals surface area contributed by atoms with E-state index in [1.54, 1.807) is 23.9 Å². The molecule has 0 N–H and O–H groups in total. The lowest BCUT2D eigenvalue weighted by Gasteiger charge is -2.26. The van der Waals surface area contributed by atoms with Crippen LogP contribution in [0.5, 0.6) is 0 Å². The standard InChI is InChI=1S/C42H31S2.C17H14F3NO5S/c1-4-10-32(11-5-1)34-16-18-35(19-17-34)37-22-28-41(29-23-37)44(40-14-8-3-9-15-40)42-30-26-39(27-31-42)43-38-24-20-36(21-25-38)33-12-6-2-7-13-33;1-2-3-5-10-8-9-13-14-11(10)6-4-7-12(14)15(22)21(16(13)23)26-27(24,25)17(18,19)20/h1-31H;4,6-9H,2-3,5H2,1H3/q+1;. The molecule has 1 aliphatic heterocycles. The van der Waals surface area contributed by atoms with Crippen LogP contribution in [-0.4, -0.2) is 30.8 Å². The summed E-state index contributed by atoms with van der Waals surface area (Å²) in [6.07, 6.45) is 2.50. The Balaban J connectivity index is 0.000000198. The van der Waals surface area contributed by atoms with Crippen LogP contribution in [0.1, 0.15) is 46.0 Å². The fourth-order valence-electron chi connectivity index (χ4n) is 8.29. The van der Waals surface area contributed by atoms with Crippen molar-refractivity contribution in [2.24, 2.45) is 0 Å². The highest BCUT2D eigenvalue weighted by atomic mass is 32.2. The second-order valence-corrected chi connectivity index (χ2v) is 21.2. The van der Waals surface area contributed by atoms with Gasteiger partial charge >= 0.3 is 15.6 Å². The Hall–Kier alpha value is -7.22. The Kier molecular flexibility index (Phi) is 14.7. The quantitative estimate of drug-likeness (QED) is 0.0650. The molecule has 1 atom stereocenters. The first-order chi connectivity index (χ1) is 34.4. The minimum Gasteiger partial charge on any atom is -0.266 e. The normalized spacial score (nSPS) is 12.9. The summed E-state index contributed by atoms with van der Waals surface area (Å²) in [5.41, 5.74) is 2.34. The van der Waals surface area contributed by atoms with Crippen LogP contribution in [-0.2, 0) is 31.7 Å². The number of amides is 2. The minimum atomic E-state index is -6.17. The summed E-state index contributed by atoms with van der Waals surface area (Å²) < 4.78 is 64.1. The van der Waals surface area contributed by atoms with Crippen LogP contribution in [0.4, 0.5) is 13.2 Å². The van der Waals surface area contributed by atoms with Gasteiger partial charge in [0.15, 0.2) is 14.7 Å². The lowest BCUT2D eigenvalue weighted by Crippen LogP contribution is -2.44. The number of benzene rings is 9. The van der Waals surface area contributed by atoms with Crippen molar-refractivity contribution < 1.29 is 35.5 Å². The van der Waals surface area contributed by atoms with Crippen LogP contribution in [0.15, 0.2) is 243 Å². The van der Waals surface area contributed by atoms with E-state index in [1.165, 1.54) is 76.1 Å². The molecule has 9 aromatic carbocycles. The molecule has 0 aliphatic carbocycles. The maximum absolute atomic E-state index is 12.6. The maximum atomic E-state index is 12.6. The number of halogens is 3. The predicted molar refractivity (Wildman–Crippen MR) is 277 cm³/mol. The molecule has 0 saturated carbocycles. The molecule has 0 saturated heterocycles. The summed E-state index contributed by atoms with van der Waals surface area (Å²) >= 11 is 1.81. The van der Waals surface area contributed by atoms with E-state index in [-0.39, 0.29) is 32.5 Å². The van der Waals surface area contributed by atoms with Crippen LogP contribution in [0.25, 0.3) is 44.2 Å². The molecule has 1 unspecified atom stereocenters. The first-order valence-electron chi connectivity index (χ1n) is 22.8. The van der Waals surface area contributed by atoms with Gasteiger partial charge in [0.05, 0.1) is 22.0 Å². The Bertz CT molecular complexity index is 3390. The molecular weight excluding hydrogens is 956 g/mol. The fourth-order valence-corrected chi connectivity index (χ4v) is 11.6. The Morgan fingerprint density at radius 1 is 0.493 bits per heavy atom. The summed E-state index contributed by atoms with van der Waals surface area (Å²) in [4.78, 5) is 31.4. The number of hydrogen-bond donors (Lipinski definition) is 0. The van der Waals surface area contributed by atoms with E-state index in [0.717, 1.165) is 18.4 Å². The molecule has 2 amide bonds. The second kappa shape index (κ2) is 21.4. The van der Waals surface area contributed by atoms with Gasteiger partial charge < -0.3 is 0 Å². The van der Waals surface area contributed by atoms with Gasteiger partial charge in [0.25, 0.3) is 11.8 Å². The zero-order valence-corrected chi connectivity index (χ0v) is 40.7. The number of imide groups is 1. The van der Waals surface area contributed by atoms with E-state index in [0.29, 0.717) is 11.8 Å². The lowest BCUT2D eigenvalue weighted by molar-refractivity contribution is -0.0761. The van der Waals surface area contributed by atoms with Crippen molar-refractivity contribution in [3.63, 3.8) is 0 Å². The topological polar surface area (TPSA) is 80.8 Å². The Morgan fingerprint density at radius 2 is 0.901 bits per heavy atom. The molecule has 0 aromatic heterocycles. The summed E-state index contributed by atoms with van der Waals surface area (Å²) in [6.45, 7) is 2.01. The van der Waals surface area contributed by atoms with Gasteiger partial charge in [-0.3, -0.25) is 9.59 Å². The summed E-state index contributed by atoms with van der Waals surface area (Å²) in [5.74, 6) is -2.53. The minimum absolute atomic E-state index is 0.0992. The van der Waals surface area contributed by atoms with Gasteiger partial charge in [-0.05, 0) is 142 Å². The molecule has 12 heteroatoms. The third-order valence-electron chi connectivity index (χ3n) is 11.9. The van der Waals surface area contributed by atoms with E-state index in [1.807, 2.05) is 6.92 Å². The highest BCUT2D eigenvalue weighted by molar-refractivity contribution is 7.99. The van der Waals surface area contributed by atoms with Crippen LogP contribution >= 0.6 is 11.8 Å². The molecule has 71 heavy (non-hydrogen) atoms. The Morgan fingerprint density at radius 3 is 1.39 bits per heavy atom. The number of carbonyl (C=O) groups excluding carboxylic acids is 2. The van der Waals surface area contributed by atoms with Crippen molar-refractivity contribution in [3.8, 4) is 33.4 Å². The van der Waals surface area contributed by atoms with E-state index in [4.69, 9.17) is 0 Å². The smallest absolute Gasteiger partial charge is 0.266 e. The number of nitrogens with zero attached hydrogens (tertiary/aromatic N) is 1. The highest BCUT2D eigenvalue weighted by Gasteiger charge is 2.51. The number of unbranched alkanes of at least 4 members (excludes halogenated alkanes) is 1. The molecule has 1 heterocycles. The number of hydroxylamine groups is 2. The molecule has 354 valence electrons. The monoisotopic (exact) mass is 1000 g/mol. The molecule has 0 radical (unpaired) electrons. The van der Waals surface area contributed by atoms with Gasteiger partial charge in [-0.15, -0.1) is 9.35 Å². The van der Waals surface area contributed by atoms with E-state index >= 15 is 0 Å². The van der Waals surface area contributed by atoms with Crippen molar-refractivity contribution in [1.29, 1.82) is 0 Å². The number of alkyl halides is 3. The van der Waals surface area contributed by atoms with E-state index < -0.39 is 27.4 Å². The number of carbonyl (C=O) groups is 2. The maximum Gasteiger partial charge on any atom is 0.525 e. The van der Waals surface area contributed by atoms with Crippen molar-refractivity contribution >= 4 is 55.4 Å². The molecule has 1 aliphatic rings. The van der Waals surface area contributed by atoms with Crippen LogP contribution in [0.2, 0.25) is 0 Å². The summed E-state index contributed by atoms with van der Waals surface area (Å²) in [7, 11) is -6.37. The molecule has 0 fully saturated rings. The van der Waals surface area contributed by atoms with Crippen molar-refractivity contribution in [2.45, 2.75) is 56.2 Å². The van der Waals surface area contributed by atoms with Crippen LogP contribution in [0.3, 0.4) is 0 Å². The Labute approximate surface area is 418 Å². The number of aryl methyl sites for hydroxylation is 1. The zero-order valence-electron chi connectivity index (χ0n) is 38.3. The average Bonchev–Trinajstić information content (AvgIpc) is 3.40. The van der Waals surface area contributed by atoms with Gasteiger partial charge in [0.1, 0.15) is 0 Å². The third kappa shape index (κ3) is 10.9. The SMILES string of the molecule is CCCCc1ccc2c3c(cccc13)C(=O)N(OS(=O)(=O)C(F)(F)F)C2=O.c1ccc(-c2ccc(Sc3ccc([S+](c4ccccc4)c4ccc(-c5ccc(-c6ccccc6)cc5)cc4)cc3)cc2)cc1. The van der Waals surface area contributed by atoms with Gasteiger partial charge in [-0.2, -0.15) is 21.6 Å². The first-order valence-corrected chi connectivity index (χ1v) is 26.3. The largest absolute Gasteiger partial charge is 0.525 e. The average molecular weight is 1000 g/mol. The zero-order chi connectivity index (χ0) is 49.5. The molecule has 0 spiro atoms. The molecule has 10 rings (SSSR count). The van der Waals surface area contributed by atoms with E-state index in [2.05, 4.69) is 192 Å². The van der Waals surface area contributed by atoms with Gasteiger partial charge in [0.2, 0.25) is 0 Å². The summed E-state index contributed by atoms with van der Waals surface area (Å²) in [6, 6.07) is 75.4. The van der Waals surface area contributed by atoms with Crippen molar-refractivity contribution in [2.75, 3.05) is 0 Å². The lowest BCUT2D eigenvalue weighted by atomic mass is 9.90. The highest BCUT2D eigenvalue weighted by Crippen LogP contribution is 2.38. The number of rotatable bonds is 13. The van der Waals surface area contributed by atoms with Gasteiger partial charge in [-0.25, -0.2) is 0 Å². The van der Waals surface area contributed by atoms with Crippen LogP contribution < -0.4 is 0 Å². The van der Waals surface area contributed by atoms with Crippen molar-refractivity contribution in [3.05, 3.63) is 235 Å². The summed E-state index contributed by atoms with van der Waals surface area (Å²) in [5, 5.41) is 0.551. The van der Waals surface area contributed by atoms with E-state index in [9.17, 15) is 31.2 Å².